The second-order valence-corrected chi connectivity index (χ2v) is 13.8. The van der Waals surface area contributed by atoms with Crippen LogP contribution in [-0.4, -0.2) is 75.8 Å². The summed E-state index contributed by atoms with van der Waals surface area (Å²) < 4.78 is 5.05. The first-order valence-corrected chi connectivity index (χ1v) is 15.9. The number of ether oxygens (including phenoxy) is 1. The third-order valence-corrected chi connectivity index (χ3v) is 9.94. The molecule has 42 heavy (non-hydrogen) atoms. The van der Waals surface area contributed by atoms with Crippen molar-refractivity contribution in [3.63, 3.8) is 0 Å². The SMILES string of the molecule is CC(C)(C)[C@H]1CCc2nc3sc(C(=O)NC(CCN4CCC(O)CC4)c4ccc(N5CCOC5=O)nc4)nc3cc2C1. The van der Waals surface area contributed by atoms with Crippen molar-refractivity contribution >= 4 is 39.5 Å². The number of nitrogens with one attached hydrogen (secondary N) is 1. The molecule has 3 aromatic rings. The van der Waals surface area contributed by atoms with Crippen molar-refractivity contribution in [2.24, 2.45) is 11.3 Å². The molecule has 6 rings (SSSR count). The van der Waals surface area contributed by atoms with Gasteiger partial charge in [0.1, 0.15) is 22.8 Å². The molecule has 3 aliphatic rings. The normalized spacial score (nSPS) is 20.9. The molecule has 0 radical (unpaired) electrons. The van der Waals surface area contributed by atoms with E-state index in [-0.39, 0.29) is 23.5 Å². The van der Waals surface area contributed by atoms with Gasteiger partial charge in [0.2, 0.25) is 0 Å². The molecule has 1 aliphatic carbocycles. The van der Waals surface area contributed by atoms with E-state index < -0.39 is 6.09 Å². The molecule has 2 amide bonds. The standard InChI is InChI=1S/C31H40N6O4S/c1-31(2,3)21-5-6-23-20(16-21)17-25-28(34-23)42-29(35-25)27(39)33-24(10-13-36-11-8-22(38)9-12-36)19-4-7-26(32-18-19)37-14-15-41-30(37)40/h4,7,17-18,21-22,24,38H,5-6,8-16H2,1-3H3,(H,33,39)/t21-,24?/m0/s1. The van der Waals surface area contributed by atoms with Crippen molar-refractivity contribution in [1.82, 2.24) is 25.2 Å². The number of aromatic nitrogens is 3. The predicted molar refractivity (Wildman–Crippen MR) is 162 cm³/mol. The van der Waals surface area contributed by atoms with Crippen molar-refractivity contribution in [2.75, 3.05) is 37.7 Å². The van der Waals surface area contributed by atoms with Gasteiger partial charge in [0.05, 0.1) is 18.7 Å². The minimum atomic E-state index is -0.396. The number of aliphatic hydroxyl groups excluding tert-OH is 1. The van der Waals surface area contributed by atoms with Crippen LogP contribution in [0.1, 0.15) is 79.1 Å². The number of piperidine rings is 1. The summed E-state index contributed by atoms with van der Waals surface area (Å²) in [6.07, 6.45) is 6.39. The Kier molecular flexibility index (Phi) is 8.17. The lowest BCUT2D eigenvalue weighted by molar-refractivity contribution is 0.0795. The average molecular weight is 593 g/mol. The molecule has 2 aliphatic heterocycles. The average Bonchev–Trinajstić information content (AvgIpc) is 3.59. The molecular formula is C31H40N6O4S. The number of cyclic esters (lactones) is 1. The molecule has 11 heteroatoms. The first kappa shape index (κ1) is 28.9. The monoisotopic (exact) mass is 592 g/mol. The summed E-state index contributed by atoms with van der Waals surface area (Å²) >= 11 is 1.34. The van der Waals surface area contributed by atoms with E-state index in [2.05, 4.69) is 42.0 Å². The molecule has 10 nitrogen and oxygen atoms in total. The molecule has 0 bridgehead atoms. The molecule has 3 aromatic heterocycles. The van der Waals surface area contributed by atoms with Crippen LogP contribution in [0.15, 0.2) is 24.4 Å². The van der Waals surface area contributed by atoms with Crippen LogP contribution in [0.3, 0.4) is 0 Å². The van der Waals surface area contributed by atoms with Gasteiger partial charge in [-0.1, -0.05) is 38.2 Å². The number of likely N-dealkylation sites (tertiary alicyclic amines) is 1. The Bertz CT molecular complexity index is 1440. The molecule has 2 fully saturated rings. The van der Waals surface area contributed by atoms with Crippen LogP contribution in [0, 0.1) is 11.3 Å². The van der Waals surface area contributed by atoms with Crippen LogP contribution in [0.4, 0.5) is 10.6 Å². The Balaban J connectivity index is 1.20. The van der Waals surface area contributed by atoms with Crippen molar-refractivity contribution in [2.45, 2.75) is 71.4 Å². The third-order valence-electron chi connectivity index (χ3n) is 8.97. The zero-order valence-electron chi connectivity index (χ0n) is 24.6. The largest absolute Gasteiger partial charge is 0.447 e. The fourth-order valence-electron chi connectivity index (χ4n) is 6.21. The van der Waals surface area contributed by atoms with E-state index in [1.807, 2.05) is 6.07 Å². The lowest BCUT2D eigenvalue weighted by Crippen LogP contribution is -2.38. The fourth-order valence-corrected chi connectivity index (χ4v) is 7.05. The second-order valence-electron chi connectivity index (χ2n) is 12.8. The van der Waals surface area contributed by atoms with Gasteiger partial charge in [-0.3, -0.25) is 9.69 Å². The van der Waals surface area contributed by atoms with Crippen molar-refractivity contribution in [3.05, 3.63) is 46.2 Å². The van der Waals surface area contributed by atoms with Gasteiger partial charge < -0.3 is 20.1 Å². The van der Waals surface area contributed by atoms with Crippen LogP contribution < -0.4 is 10.2 Å². The highest BCUT2D eigenvalue weighted by Crippen LogP contribution is 2.38. The van der Waals surface area contributed by atoms with E-state index in [0.29, 0.717) is 36.3 Å². The van der Waals surface area contributed by atoms with E-state index >= 15 is 0 Å². The van der Waals surface area contributed by atoms with Crippen molar-refractivity contribution < 1.29 is 19.4 Å². The van der Waals surface area contributed by atoms with E-state index in [1.165, 1.54) is 21.8 Å². The van der Waals surface area contributed by atoms with E-state index in [9.17, 15) is 14.7 Å². The number of fused-ring (bicyclic) bond motifs is 2. The van der Waals surface area contributed by atoms with Crippen molar-refractivity contribution in [3.8, 4) is 0 Å². The van der Waals surface area contributed by atoms with Gasteiger partial charge in [-0.25, -0.2) is 19.7 Å². The van der Waals surface area contributed by atoms with E-state index in [1.54, 1.807) is 12.3 Å². The molecule has 2 saturated heterocycles. The number of anilines is 1. The molecule has 0 saturated carbocycles. The first-order chi connectivity index (χ1) is 20.1. The predicted octanol–water partition coefficient (Wildman–Crippen LogP) is 4.51. The maximum absolute atomic E-state index is 13.6. The topological polar surface area (TPSA) is 121 Å². The van der Waals surface area contributed by atoms with Gasteiger partial charge in [0.25, 0.3) is 5.91 Å². The summed E-state index contributed by atoms with van der Waals surface area (Å²) in [6.45, 7) is 10.2. The Hall–Kier alpha value is -3.15. The number of aliphatic hydroxyl groups is 1. The van der Waals surface area contributed by atoms with E-state index in [0.717, 1.165) is 73.3 Å². The Labute approximate surface area is 250 Å². The lowest BCUT2D eigenvalue weighted by atomic mass is 9.71. The van der Waals surface area contributed by atoms with Crippen LogP contribution in [0.5, 0.6) is 0 Å². The van der Waals surface area contributed by atoms with Crippen LogP contribution >= 0.6 is 11.3 Å². The van der Waals surface area contributed by atoms with Crippen LogP contribution in [0.2, 0.25) is 0 Å². The highest BCUT2D eigenvalue weighted by Gasteiger charge is 2.30. The first-order valence-electron chi connectivity index (χ1n) is 15.0. The summed E-state index contributed by atoms with van der Waals surface area (Å²) in [4.78, 5) is 44.4. The third kappa shape index (κ3) is 6.28. The number of aryl methyl sites for hydroxylation is 1. The molecule has 0 aromatic carbocycles. The number of carbonyl (C=O) groups is 2. The molecule has 2 N–H and O–H groups in total. The molecule has 2 atom stereocenters. The molecule has 0 spiro atoms. The molecule has 5 heterocycles. The lowest BCUT2D eigenvalue weighted by Gasteiger charge is -2.34. The molecular weight excluding hydrogens is 552 g/mol. The van der Waals surface area contributed by atoms with Gasteiger partial charge >= 0.3 is 6.09 Å². The number of rotatable bonds is 7. The number of thiazole rings is 1. The highest BCUT2D eigenvalue weighted by atomic mass is 32.1. The Morgan fingerprint density at radius 1 is 1.19 bits per heavy atom. The Morgan fingerprint density at radius 2 is 2.00 bits per heavy atom. The summed E-state index contributed by atoms with van der Waals surface area (Å²) in [7, 11) is 0. The second kappa shape index (κ2) is 11.9. The zero-order valence-corrected chi connectivity index (χ0v) is 25.5. The number of nitrogens with zero attached hydrogens (tertiary/aromatic N) is 5. The number of hydrogen-bond acceptors (Lipinski definition) is 9. The quantitative estimate of drug-likeness (QED) is 0.411. The Morgan fingerprint density at radius 3 is 2.69 bits per heavy atom. The smallest absolute Gasteiger partial charge is 0.415 e. The number of amides is 2. The number of carbonyl (C=O) groups excluding carboxylic acids is 2. The molecule has 224 valence electrons. The zero-order chi connectivity index (χ0) is 29.4. The molecule has 1 unspecified atom stereocenters. The summed E-state index contributed by atoms with van der Waals surface area (Å²) in [5, 5.41) is 13.5. The minimum absolute atomic E-state index is 0.227. The maximum Gasteiger partial charge on any atom is 0.415 e. The van der Waals surface area contributed by atoms with Crippen LogP contribution in [-0.2, 0) is 17.6 Å². The van der Waals surface area contributed by atoms with Gasteiger partial charge in [-0.2, -0.15) is 0 Å². The summed E-state index contributed by atoms with van der Waals surface area (Å²) in [6, 6.07) is 5.56. The minimum Gasteiger partial charge on any atom is -0.447 e. The van der Waals surface area contributed by atoms with Gasteiger partial charge in [0.15, 0.2) is 5.01 Å². The van der Waals surface area contributed by atoms with Gasteiger partial charge in [-0.15, -0.1) is 0 Å². The van der Waals surface area contributed by atoms with Gasteiger partial charge in [-0.05, 0) is 73.1 Å². The number of hydrogen-bond donors (Lipinski definition) is 2. The van der Waals surface area contributed by atoms with Gasteiger partial charge in [0, 0.05) is 31.5 Å². The van der Waals surface area contributed by atoms with E-state index in [4.69, 9.17) is 14.7 Å². The highest BCUT2D eigenvalue weighted by molar-refractivity contribution is 7.19. The maximum atomic E-state index is 13.6. The summed E-state index contributed by atoms with van der Waals surface area (Å²) in [5.41, 5.74) is 4.28. The van der Waals surface area contributed by atoms with Crippen LogP contribution in [0.25, 0.3) is 10.3 Å². The fraction of sp³-hybridized carbons (Fsp3) is 0.581. The van der Waals surface area contributed by atoms with Crippen molar-refractivity contribution in [1.29, 1.82) is 0 Å². The number of pyridine rings is 2. The summed E-state index contributed by atoms with van der Waals surface area (Å²) in [5.74, 6) is 0.909.